The Morgan fingerprint density at radius 3 is 2.39 bits per heavy atom. The van der Waals surface area contributed by atoms with E-state index in [1.165, 1.54) is 38.5 Å². The van der Waals surface area contributed by atoms with E-state index in [1.54, 1.807) is 0 Å². The number of benzene rings is 2. The summed E-state index contributed by atoms with van der Waals surface area (Å²) in [4.78, 5) is 90.0. The van der Waals surface area contributed by atoms with Crippen molar-refractivity contribution in [2.24, 2.45) is 5.73 Å². The third kappa shape index (κ3) is 6.81. The number of carbonyl (C=O) groups is 6. The van der Waals surface area contributed by atoms with Crippen LogP contribution < -0.4 is 19.9 Å². The van der Waals surface area contributed by atoms with Crippen LogP contribution in [0, 0.1) is 10.1 Å². The van der Waals surface area contributed by atoms with E-state index in [0.29, 0.717) is 17.9 Å². The van der Waals surface area contributed by atoms with Crippen molar-refractivity contribution in [1.29, 1.82) is 0 Å². The van der Waals surface area contributed by atoms with Crippen LogP contribution in [0.15, 0.2) is 30.3 Å². The minimum absolute atomic E-state index is 0.0271. The molecule has 1 atom stereocenters. The predicted octanol–water partition coefficient (Wildman–Crippen LogP) is 2.53. The molecule has 1 fully saturated rings. The van der Waals surface area contributed by atoms with E-state index in [9.17, 15) is 38.9 Å². The molecule has 4 rings (SSSR count). The van der Waals surface area contributed by atoms with Crippen molar-refractivity contribution in [2.75, 3.05) is 27.4 Å². The average molecular weight is 641 g/mol. The number of amides is 5. The molecule has 2 N–H and O–H groups in total. The molecule has 2 aromatic rings. The monoisotopic (exact) mass is 640 g/mol. The van der Waals surface area contributed by atoms with Crippen LogP contribution in [-0.2, 0) is 25.7 Å². The molecule has 2 aliphatic rings. The first kappa shape index (κ1) is 33.5. The second-order valence-electron chi connectivity index (χ2n) is 10.4. The molecule has 5 amide bonds. The van der Waals surface area contributed by atoms with Crippen molar-refractivity contribution in [3.05, 3.63) is 57.1 Å². The summed E-state index contributed by atoms with van der Waals surface area (Å²) in [7, 11) is 2.58. The number of Topliss-reactive ketones (excluding diaryl/α,β-unsaturated/α-hetero) is 1. The molecule has 2 heterocycles. The van der Waals surface area contributed by atoms with E-state index in [1.807, 2.05) is 0 Å². The smallest absolute Gasteiger partial charge is 0.423 e. The number of rotatable bonds is 14. The highest BCUT2D eigenvalue weighted by Crippen LogP contribution is 2.36. The van der Waals surface area contributed by atoms with Crippen LogP contribution in [0.1, 0.15) is 64.8 Å². The van der Waals surface area contributed by atoms with Gasteiger partial charge >= 0.3 is 6.09 Å². The Balaban J connectivity index is 1.49. The van der Waals surface area contributed by atoms with Gasteiger partial charge in [-0.2, -0.15) is 4.90 Å². The lowest BCUT2D eigenvalue weighted by molar-refractivity contribution is -0.385. The van der Waals surface area contributed by atoms with Gasteiger partial charge in [0, 0.05) is 12.8 Å². The highest BCUT2D eigenvalue weighted by molar-refractivity contribution is 6.25. The SMILES string of the molecule is COc1cc(COC(=O)N2C(=O)CCC(N3C(=O)c4cccc(OCC(=O)CCCCCN)c4C3=O)C2=O)c([N+](=O)[O-])cc1OC. The average Bonchev–Trinajstić information content (AvgIpc) is 3.30. The highest BCUT2D eigenvalue weighted by atomic mass is 16.6. The Labute approximate surface area is 262 Å². The van der Waals surface area contributed by atoms with Gasteiger partial charge in [0.15, 0.2) is 17.3 Å². The van der Waals surface area contributed by atoms with E-state index < -0.39 is 59.4 Å². The summed E-state index contributed by atoms with van der Waals surface area (Å²) in [5, 5.41) is 11.6. The zero-order chi connectivity index (χ0) is 33.5. The molecule has 0 saturated carbocycles. The second-order valence-corrected chi connectivity index (χ2v) is 10.4. The van der Waals surface area contributed by atoms with Gasteiger partial charge in [-0.05, 0) is 44.0 Å². The van der Waals surface area contributed by atoms with Gasteiger partial charge in [-0.25, -0.2) is 4.79 Å². The Kier molecular flexibility index (Phi) is 10.6. The van der Waals surface area contributed by atoms with Gasteiger partial charge < -0.3 is 24.7 Å². The first-order valence-corrected chi connectivity index (χ1v) is 14.3. The number of nitro groups is 1. The molecule has 0 spiro atoms. The van der Waals surface area contributed by atoms with Crippen LogP contribution in [-0.4, -0.2) is 83.6 Å². The molecular formula is C30H32N4O12. The highest BCUT2D eigenvalue weighted by Gasteiger charge is 2.50. The van der Waals surface area contributed by atoms with Gasteiger partial charge in [0.05, 0.1) is 41.9 Å². The van der Waals surface area contributed by atoms with Crippen LogP contribution in [0.25, 0.3) is 0 Å². The minimum atomic E-state index is -1.54. The number of nitrogens with two attached hydrogens (primary N) is 1. The number of methoxy groups -OCH3 is 2. The molecule has 0 aliphatic carbocycles. The minimum Gasteiger partial charge on any atom is -0.493 e. The topological polar surface area (TPSA) is 215 Å². The molecule has 244 valence electrons. The summed E-state index contributed by atoms with van der Waals surface area (Å²) in [6.07, 6.45) is 0.350. The molecule has 0 radical (unpaired) electrons. The number of unbranched alkanes of at least 4 members (excludes halogenated alkanes) is 2. The Morgan fingerprint density at radius 2 is 1.72 bits per heavy atom. The Hall–Kier alpha value is -5.38. The molecule has 2 aromatic carbocycles. The van der Waals surface area contributed by atoms with Crippen molar-refractivity contribution < 1.29 is 52.6 Å². The third-order valence-electron chi connectivity index (χ3n) is 7.47. The van der Waals surface area contributed by atoms with Crippen molar-refractivity contribution in [2.45, 2.75) is 51.2 Å². The zero-order valence-electron chi connectivity index (χ0n) is 25.1. The zero-order valence-corrected chi connectivity index (χ0v) is 25.1. The first-order chi connectivity index (χ1) is 22.0. The third-order valence-corrected chi connectivity index (χ3v) is 7.47. The summed E-state index contributed by atoms with van der Waals surface area (Å²) in [6.45, 7) is -0.542. The van der Waals surface area contributed by atoms with E-state index in [4.69, 9.17) is 24.7 Å². The van der Waals surface area contributed by atoms with Crippen molar-refractivity contribution in [3.63, 3.8) is 0 Å². The van der Waals surface area contributed by atoms with Gasteiger partial charge in [-0.3, -0.25) is 39.0 Å². The summed E-state index contributed by atoms with van der Waals surface area (Å²) >= 11 is 0. The van der Waals surface area contributed by atoms with Crippen molar-refractivity contribution in [1.82, 2.24) is 9.80 Å². The maximum atomic E-state index is 13.5. The summed E-state index contributed by atoms with van der Waals surface area (Å²) in [5.41, 5.74) is 4.65. The van der Waals surface area contributed by atoms with Crippen LogP contribution in [0.4, 0.5) is 10.5 Å². The maximum Gasteiger partial charge on any atom is 0.423 e. The number of likely N-dealkylation sites (tertiary alicyclic amines) is 1. The van der Waals surface area contributed by atoms with Crippen LogP contribution in [0.5, 0.6) is 17.2 Å². The van der Waals surface area contributed by atoms with Gasteiger partial charge in [-0.15, -0.1) is 0 Å². The quantitative estimate of drug-likeness (QED) is 0.136. The molecule has 1 unspecified atom stereocenters. The number of ether oxygens (including phenoxy) is 4. The number of hydrogen-bond acceptors (Lipinski definition) is 13. The summed E-state index contributed by atoms with van der Waals surface area (Å²) < 4.78 is 20.9. The number of carbonyl (C=O) groups excluding carboxylic acids is 6. The Bertz CT molecular complexity index is 1590. The lowest BCUT2D eigenvalue weighted by Crippen LogP contribution is -2.57. The summed E-state index contributed by atoms with van der Waals surface area (Å²) in [5.74, 6) is -3.96. The molecule has 0 aromatic heterocycles. The number of fused-ring (bicyclic) bond motifs is 1. The normalized spacial score (nSPS) is 15.9. The summed E-state index contributed by atoms with van der Waals surface area (Å²) in [6, 6.07) is 4.97. The predicted molar refractivity (Wildman–Crippen MR) is 156 cm³/mol. The van der Waals surface area contributed by atoms with Crippen molar-refractivity contribution >= 4 is 41.2 Å². The van der Waals surface area contributed by atoms with E-state index >= 15 is 0 Å². The standard InChI is InChI=1S/C30H32N4O12/c1-43-23-13-17(21(34(41)42)14-24(23)44-2)15-46-30(40)33-25(36)11-10-20(28(33)38)32-27(37)19-8-6-9-22(26(19)29(32)39)45-16-18(35)7-4-3-5-12-31/h6,8-9,13-14,20H,3-5,7,10-12,15-16,31H2,1-2H3. The molecule has 16 heteroatoms. The number of ketones is 1. The van der Waals surface area contributed by atoms with Crippen LogP contribution in [0.3, 0.4) is 0 Å². The van der Waals surface area contributed by atoms with Gasteiger partial charge in [0.2, 0.25) is 5.91 Å². The molecular weight excluding hydrogens is 608 g/mol. The van der Waals surface area contributed by atoms with Gasteiger partial charge in [0.1, 0.15) is 25.0 Å². The fraction of sp³-hybridized carbons (Fsp3) is 0.400. The van der Waals surface area contributed by atoms with Gasteiger partial charge in [0.25, 0.3) is 23.4 Å². The molecule has 16 nitrogen and oxygen atoms in total. The molecule has 2 aliphatic heterocycles. The first-order valence-electron chi connectivity index (χ1n) is 14.3. The van der Waals surface area contributed by atoms with Crippen LogP contribution >= 0.6 is 0 Å². The lowest BCUT2D eigenvalue weighted by atomic mass is 10.0. The van der Waals surface area contributed by atoms with Gasteiger partial charge in [-0.1, -0.05) is 12.5 Å². The molecule has 1 saturated heterocycles. The number of piperidine rings is 1. The number of nitro benzene ring substituents is 1. The lowest BCUT2D eigenvalue weighted by Gasteiger charge is -2.32. The second kappa shape index (κ2) is 14.6. The molecule has 0 bridgehead atoms. The van der Waals surface area contributed by atoms with E-state index in [2.05, 4.69) is 0 Å². The molecule has 46 heavy (non-hydrogen) atoms. The van der Waals surface area contributed by atoms with Crippen LogP contribution in [0.2, 0.25) is 0 Å². The fourth-order valence-corrected chi connectivity index (χ4v) is 5.15. The fourth-order valence-electron chi connectivity index (χ4n) is 5.15. The number of imide groups is 4. The van der Waals surface area contributed by atoms with E-state index in [0.717, 1.165) is 18.9 Å². The van der Waals surface area contributed by atoms with E-state index in [-0.39, 0.29) is 64.1 Å². The van der Waals surface area contributed by atoms with Crippen molar-refractivity contribution in [3.8, 4) is 17.2 Å². The number of nitrogens with zero attached hydrogens (tertiary/aromatic N) is 3. The number of hydrogen-bond donors (Lipinski definition) is 1. The largest absolute Gasteiger partial charge is 0.493 e. The maximum absolute atomic E-state index is 13.5. The Morgan fingerprint density at radius 1 is 1.00 bits per heavy atom.